The topological polar surface area (TPSA) is 117 Å². The monoisotopic (exact) mass is 564 g/mol. The van der Waals surface area contributed by atoms with Crippen molar-refractivity contribution in [2.24, 2.45) is 7.05 Å². The summed E-state index contributed by atoms with van der Waals surface area (Å²) in [7, 11) is 1.58. The number of carboxylic acid groups (broad SMARTS) is 1. The molecule has 204 valence electrons. The summed E-state index contributed by atoms with van der Waals surface area (Å²) in [6.07, 6.45) is -3.32. The Morgan fingerprint density at radius 2 is 1.82 bits per heavy atom. The van der Waals surface area contributed by atoms with Gasteiger partial charge >= 0.3 is 23.5 Å². The van der Waals surface area contributed by atoms with Gasteiger partial charge in [-0.25, -0.2) is 14.4 Å². The van der Waals surface area contributed by atoms with Crippen LogP contribution in [0.4, 0.5) is 13.2 Å². The minimum Gasteiger partial charge on any atom is -0.477 e. The second-order valence-corrected chi connectivity index (χ2v) is 9.45. The van der Waals surface area contributed by atoms with Gasteiger partial charge in [0, 0.05) is 19.9 Å². The molecule has 2 aromatic carbocycles. The van der Waals surface area contributed by atoms with Crippen LogP contribution in [0.5, 0.6) is 0 Å². The maximum Gasteiger partial charge on any atom is 0.417 e. The van der Waals surface area contributed by atoms with E-state index < -0.39 is 46.1 Å². The Morgan fingerprint density at radius 1 is 1.10 bits per heavy atom. The summed E-state index contributed by atoms with van der Waals surface area (Å²) >= 11 is 5.96. The number of carboxylic acids is 1. The fourth-order valence-electron chi connectivity index (χ4n) is 4.52. The molecule has 1 atom stereocenters. The molecule has 10 nitrogen and oxygen atoms in total. The van der Waals surface area contributed by atoms with E-state index in [1.54, 1.807) is 13.1 Å². The van der Waals surface area contributed by atoms with E-state index in [4.69, 9.17) is 16.3 Å². The SMILES string of the molecule is Cn1c(=O)n(CC2CCO2)c2cc(-n3cc(C(=O)O)c(=O)n(Cc4cccc(C(F)(F)F)c4Cl)c3=O)ccc21. The number of hydrogen-bond donors (Lipinski definition) is 1. The van der Waals surface area contributed by atoms with E-state index >= 15 is 0 Å². The standard InChI is InChI=1S/C25H20ClF3N4O6/c1-30-18-6-5-14(9-19(18)32(23(30)37)11-15-7-8-39-15)31-12-16(22(35)36)21(34)33(24(31)38)10-13-3-2-4-17(20(13)26)25(27,28)29/h2-6,9,12,15H,7-8,10-11H2,1H3,(H,35,36). The third-order valence-electron chi connectivity index (χ3n) is 6.70. The lowest BCUT2D eigenvalue weighted by Gasteiger charge is -2.26. The molecule has 1 saturated heterocycles. The summed E-state index contributed by atoms with van der Waals surface area (Å²) in [4.78, 5) is 51.1. The maximum atomic E-state index is 13.5. The average molecular weight is 565 g/mol. The number of ether oxygens (including phenoxy) is 1. The summed E-state index contributed by atoms with van der Waals surface area (Å²) < 4.78 is 49.8. The zero-order chi connectivity index (χ0) is 28.2. The van der Waals surface area contributed by atoms with Gasteiger partial charge in [0.15, 0.2) is 0 Å². The van der Waals surface area contributed by atoms with Crippen LogP contribution >= 0.6 is 11.6 Å². The van der Waals surface area contributed by atoms with Gasteiger partial charge in [0.05, 0.1) is 46.5 Å². The fraction of sp³-hybridized carbons (Fsp3) is 0.280. The normalized spacial score (nSPS) is 15.5. The van der Waals surface area contributed by atoms with Crippen molar-refractivity contribution >= 4 is 28.6 Å². The number of benzene rings is 2. The molecular weight excluding hydrogens is 545 g/mol. The Balaban J connectivity index is 1.68. The van der Waals surface area contributed by atoms with Crippen LogP contribution in [0.3, 0.4) is 0 Å². The van der Waals surface area contributed by atoms with Crippen LogP contribution in [0, 0.1) is 0 Å². The number of alkyl halides is 3. The molecule has 4 aromatic rings. The number of imidazole rings is 1. The van der Waals surface area contributed by atoms with Crippen LogP contribution in [0.25, 0.3) is 16.7 Å². The molecule has 1 N–H and O–H groups in total. The fourth-order valence-corrected chi connectivity index (χ4v) is 4.81. The molecule has 2 aromatic heterocycles. The van der Waals surface area contributed by atoms with Crippen molar-refractivity contribution in [3.63, 3.8) is 0 Å². The molecule has 1 aliphatic rings. The van der Waals surface area contributed by atoms with Gasteiger partial charge in [-0.3, -0.25) is 23.1 Å². The van der Waals surface area contributed by atoms with E-state index in [-0.39, 0.29) is 29.6 Å². The number of aromatic carboxylic acids is 1. The van der Waals surface area contributed by atoms with Gasteiger partial charge in [-0.2, -0.15) is 13.2 Å². The number of nitrogens with zero attached hydrogens (tertiary/aromatic N) is 4. The van der Waals surface area contributed by atoms with Gasteiger partial charge < -0.3 is 9.84 Å². The van der Waals surface area contributed by atoms with Gasteiger partial charge in [-0.1, -0.05) is 23.7 Å². The van der Waals surface area contributed by atoms with Crippen molar-refractivity contribution in [3.05, 3.63) is 95.6 Å². The molecule has 0 radical (unpaired) electrons. The first-order valence-corrected chi connectivity index (χ1v) is 12.0. The lowest BCUT2D eigenvalue weighted by Crippen LogP contribution is -2.42. The predicted molar refractivity (Wildman–Crippen MR) is 134 cm³/mol. The average Bonchev–Trinajstić information content (AvgIpc) is 3.08. The summed E-state index contributed by atoms with van der Waals surface area (Å²) in [6, 6.07) is 7.56. The van der Waals surface area contributed by atoms with Gasteiger partial charge in [-0.15, -0.1) is 0 Å². The smallest absolute Gasteiger partial charge is 0.417 e. The second kappa shape index (κ2) is 9.58. The number of aromatic nitrogens is 4. The molecule has 0 amide bonds. The quantitative estimate of drug-likeness (QED) is 0.385. The van der Waals surface area contributed by atoms with E-state index in [0.717, 1.165) is 29.3 Å². The highest BCUT2D eigenvalue weighted by atomic mass is 35.5. The van der Waals surface area contributed by atoms with Gasteiger partial charge in [0.1, 0.15) is 5.56 Å². The minimum atomic E-state index is -4.79. The highest BCUT2D eigenvalue weighted by Gasteiger charge is 2.34. The Kier molecular flexibility index (Phi) is 6.51. The van der Waals surface area contributed by atoms with E-state index in [9.17, 15) is 37.5 Å². The number of aryl methyl sites for hydroxylation is 1. The van der Waals surface area contributed by atoms with E-state index in [1.807, 2.05) is 0 Å². The molecule has 0 aliphatic carbocycles. The zero-order valence-corrected chi connectivity index (χ0v) is 21.0. The number of rotatable bonds is 6. The Morgan fingerprint density at radius 3 is 2.44 bits per heavy atom. The molecule has 0 spiro atoms. The number of halogens is 4. The van der Waals surface area contributed by atoms with Crippen molar-refractivity contribution in [2.45, 2.75) is 31.8 Å². The number of carbonyl (C=O) groups is 1. The summed E-state index contributed by atoms with van der Waals surface area (Å²) in [5.74, 6) is -1.64. The molecule has 3 heterocycles. The maximum absolute atomic E-state index is 13.5. The highest BCUT2D eigenvalue weighted by Crippen LogP contribution is 2.36. The lowest BCUT2D eigenvalue weighted by atomic mass is 10.1. The number of fused-ring (bicyclic) bond motifs is 1. The molecule has 1 aliphatic heterocycles. The molecule has 0 saturated carbocycles. The second-order valence-electron chi connectivity index (χ2n) is 9.07. The summed E-state index contributed by atoms with van der Waals surface area (Å²) in [5, 5.41) is 8.93. The van der Waals surface area contributed by atoms with Crippen molar-refractivity contribution < 1.29 is 27.8 Å². The Bertz CT molecular complexity index is 1810. The highest BCUT2D eigenvalue weighted by molar-refractivity contribution is 6.32. The molecular formula is C25H20ClF3N4O6. The largest absolute Gasteiger partial charge is 0.477 e. The Hall–Kier alpha value is -4.10. The Labute approximate surface area is 221 Å². The van der Waals surface area contributed by atoms with Gasteiger partial charge in [0.25, 0.3) is 5.56 Å². The first-order valence-electron chi connectivity index (χ1n) is 11.6. The van der Waals surface area contributed by atoms with Gasteiger partial charge in [0.2, 0.25) is 0 Å². The number of hydrogen-bond acceptors (Lipinski definition) is 5. The van der Waals surface area contributed by atoms with Crippen LogP contribution in [0.1, 0.15) is 27.9 Å². The van der Waals surface area contributed by atoms with E-state index in [2.05, 4.69) is 0 Å². The molecule has 1 unspecified atom stereocenters. The van der Waals surface area contributed by atoms with E-state index in [0.29, 0.717) is 22.2 Å². The first kappa shape index (κ1) is 26.5. The predicted octanol–water partition coefficient (Wildman–Crippen LogP) is 2.86. The molecule has 1 fully saturated rings. The van der Waals surface area contributed by atoms with Gasteiger partial charge in [-0.05, 0) is 36.2 Å². The van der Waals surface area contributed by atoms with Crippen LogP contribution in [0.2, 0.25) is 5.02 Å². The first-order chi connectivity index (χ1) is 18.4. The molecule has 0 bridgehead atoms. The molecule has 39 heavy (non-hydrogen) atoms. The summed E-state index contributed by atoms with van der Waals surface area (Å²) in [5.41, 5.74) is -3.57. The van der Waals surface area contributed by atoms with Crippen molar-refractivity contribution in [3.8, 4) is 5.69 Å². The van der Waals surface area contributed by atoms with Crippen LogP contribution < -0.4 is 16.9 Å². The van der Waals surface area contributed by atoms with E-state index in [1.165, 1.54) is 27.3 Å². The van der Waals surface area contributed by atoms with Crippen molar-refractivity contribution in [2.75, 3.05) is 6.61 Å². The minimum absolute atomic E-state index is 0.132. The third-order valence-corrected chi connectivity index (χ3v) is 7.15. The van der Waals surface area contributed by atoms with Crippen LogP contribution in [-0.4, -0.2) is 42.1 Å². The zero-order valence-electron chi connectivity index (χ0n) is 20.2. The molecule has 14 heteroatoms. The van der Waals surface area contributed by atoms with Crippen LogP contribution in [0.15, 0.2) is 57.0 Å². The summed E-state index contributed by atoms with van der Waals surface area (Å²) in [6.45, 7) is 0.140. The van der Waals surface area contributed by atoms with Crippen LogP contribution in [-0.2, 0) is 31.1 Å². The lowest BCUT2D eigenvalue weighted by molar-refractivity contribution is -0.137. The van der Waals surface area contributed by atoms with Crippen molar-refractivity contribution in [1.29, 1.82) is 0 Å². The van der Waals surface area contributed by atoms with Crippen molar-refractivity contribution in [1.82, 2.24) is 18.3 Å². The third kappa shape index (κ3) is 4.57. The molecule has 5 rings (SSSR count).